The van der Waals surface area contributed by atoms with E-state index in [9.17, 15) is 8.42 Å². The van der Waals surface area contributed by atoms with Crippen LogP contribution in [0, 0.1) is 0 Å². The molecule has 0 amide bonds. The van der Waals surface area contributed by atoms with Crippen molar-refractivity contribution in [3.63, 3.8) is 0 Å². The summed E-state index contributed by atoms with van der Waals surface area (Å²) in [6.07, 6.45) is 0.946. The maximum Gasteiger partial charge on any atom is 0.252 e. The Morgan fingerprint density at radius 3 is 2.67 bits per heavy atom. The topological polar surface area (TPSA) is 58.6 Å². The number of morpholine rings is 1. The summed E-state index contributed by atoms with van der Waals surface area (Å²) >= 11 is 1.30. The van der Waals surface area contributed by atoms with Gasteiger partial charge in [-0.3, -0.25) is 0 Å². The first-order chi connectivity index (χ1) is 9.93. The molecule has 1 fully saturated rings. The van der Waals surface area contributed by atoms with Crippen LogP contribution in [0.3, 0.4) is 0 Å². The zero-order chi connectivity index (χ0) is 15.5. The van der Waals surface area contributed by atoms with E-state index in [4.69, 9.17) is 4.74 Å². The zero-order valence-corrected chi connectivity index (χ0v) is 14.5. The molecule has 1 N–H and O–H groups in total. The molecule has 0 saturated carbocycles. The van der Waals surface area contributed by atoms with Gasteiger partial charge in [-0.1, -0.05) is 6.92 Å². The SMILES string of the molecule is CCCNCc1csc(S(=O)(=O)N2C[C@@H](C)O[C@@H](C)C2)c1. The highest BCUT2D eigenvalue weighted by Gasteiger charge is 2.33. The normalized spacial score (nSPS) is 24.3. The second kappa shape index (κ2) is 7.19. The summed E-state index contributed by atoms with van der Waals surface area (Å²) in [5.74, 6) is 0. The van der Waals surface area contributed by atoms with Crippen LogP contribution in [-0.2, 0) is 21.3 Å². The molecule has 1 aromatic heterocycles. The fraction of sp³-hybridized carbons (Fsp3) is 0.714. The number of ether oxygens (including phenoxy) is 1. The summed E-state index contributed by atoms with van der Waals surface area (Å²) in [6.45, 7) is 8.44. The molecule has 5 nitrogen and oxygen atoms in total. The van der Waals surface area contributed by atoms with Crippen molar-refractivity contribution in [3.8, 4) is 0 Å². The van der Waals surface area contributed by atoms with Crippen LogP contribution in [0.15, 0.2) is 15.7 Å². The lowest BCUT2D eigenvalue weighted by atomic mass is 10.3. The van der Waals surface area contributed by atoms with E-state index >= 15 is 0 Å². The number of sulfonamides is 1. The van der Waals surface area contributed by atoms with Crippen molar-refractivity contribution in [1.29, 1.82) is 0 Å². The minimum Gasteiger partial charge on any atom is -0.373 e. The molecule has 0 unspecified atom stereocenters. The maximum atomic E-state index is 12.7. The van der Waals surface area contributed by atoms with Gasteiger partial charge in [0.2, 0.25) is 0 Å². The summed E-state index contributed by atoms with van der Waals surface area (Å²) in [6, 6.07) is 1.79. The maximum absolute atomic E-state index is 12.7. The van der Waals surface area contributed by atoms with E-state index in [0.717, 1.165) is 25.1 Å². The molecular weight excluding hydrogens is 308 g/mol. The summed E-state index contributed by atoms with van der Waals surface area (Å²) in [7, 11) is -3.39. The highest BCUT2D eigenvalue weighted by atomic mass is 32.2. The van der Waals surface area contributed by atoms with E-state index in [1.807, 2.05) is 19.2 Å². The van der Waals surface area contributed by atoms with Crippen LogP contribution in [0.5, 0.6) is 0 Å². The fourth-order valence-corrected chi connectivity index (χ4v) is 5.40. The molecule has 7 heteroatoms. The molecule has 2 atom stereocenters. The van der Waals surface area contributed by atoms with Gasteiger partial charge in [-0.2, -0.15) is 4.31 Å². The molecule has 120 valence electrons. The van der Waals surface area contributed by atoms with Crippen molar-refractivity contribution in [3.05, 3.63) is 17.0 Å². The zero-order valence-electron chi connectivity index (χ0n) is 12.8. The van der Waals surface area contributed by atoms with Gasteiger partial charge in [0.05, 0.1) is 12.2 Å². The van der Waals surface area contributed by atoms with Crippen molar-refractivity contribution in [2.75, 3.05) is 19.6 Å². The molecular formula is C14H24N2O3S2. The molecule has 0 aromatic carbocycles. The van der Waals surface area contributed by atoms with Crippen LogP contribution < -0.4 is 5.32 Å². The molecule has 0 spiro atoms. The van der Waals surface area contributed by atoms with Crippen LogP contribution in [-0.4, -0.2) is 44.6 Å². The number of hydrogen-bond acceptors (Lipinski definition) is 5. The summed E-state index contributed by atoms with van der Waals surface area (Å²) in [5.41, 5.74) is 1.03. The number of nitrogens with one attached hydrogen (secondary N) is 1. The first-order valence-electron chi connectivity index (χ1n) is 7.37. The smallest absolute Gasteiger partial charge is 0.252 e. The van der Waals surface area contributed by atoms with Crippen LogP contribution >= 0.6 is 11.3 Å². The quantitative estimate of drug-likeness (QED) is 0.810. The lowest BCUT2D eigenvalue weighted by molar-refractivity contribution is -0.0440. The Kier molecular flexibility index (Phi) is 5.79. The average molecular weight is 332 g/mol. The summed E-state index contributed by atoms with van der Waals surface area (Å²) in [5, 5.41) is 5.21. The first-order valence-corrected chi connectivity index (χ1v) is 9.69. The molecule has 1 aliphatic rings. The number of nitrogens with zero attached hydrogens (tertiary/aromatic N) is 1. The van der Waals surface area contributed by atoms with Crippen LogP contribution in [0.25, 0.3) is 0 Å². The predicted molar refractivity (Wildman–Crippen MR) is 85.1 cm³/mol. The molecule has 0 aliphatic carbocycles. The Labute approximate surface area is 131 Å². The molecule has 0 radical (unpaired) electrons. The highest BCUT2D eigenvalue weighted by molar-refractivity contribution is 7.91. The number of thiophene rings is 1. The minimum absolute atomic E-state index is 0.0609. The Morgan fingerprint density at radius 2 is 2.05 bits per heavy atom. The second-order valence-electron chi connectivity index (χ2n) is 5.53. The number of rotatable bonds is 6. The second-order valence-corrected chi connectivity index (χ2v) is 8.61. The Morgan fingerprint density at radius 1 is 1.38 bits per heavy atom. The minimum atomic E-state index is -3.39. The molecule has 2 rings (SSSR count). The third kappa shape index (κ3) is 4.26. The molecule has 2 heterocycles. The fourth-order valence-electron chi connectivity index (χ4n) is 2.44. The van der Waals surface area contributed by atoms with Gasteiger partial charge in [-0.15, -0.1) is 11.3 Å². The molecule has 0 bridgehead atoms. The summed E-state index contributed by atoms with van der Waals surface area (Å²) in [4.78, 5) is 0. The lowest BCUT2D eigenvalue weighted by Gasteiger charge is -2.34. The molecule has 1 aliphatic heterocycles. The van der Waals surface area contributed by atoms with Gasteiger partial charge in [0.25, 0.3) is 10.0 Å². The van der Waals surface area contributed by atoms with Gasteiger partial charge in [-0.05, 0) is 43.8 Å². The van der Waals surface area contributed by atoms with E-state index < -0.39 is 10.0 Å². The van der Waals surface area contributed by atoms with Crippen molar-refractivity contribution in [1.82, 2.24) is 9.62 Å². The van der Waals surface area contributed by atoms with Gasteiger partial charge < -0.3 is 10.1 Å². The Bertz CT molecular complexity index is 546. The van der Waals surface area contributed by atoms with Gasteiger partial charge >= 0.3 is 0 Å². The van der Waals surface area contributed by atoms with E-state index in [0.29, 0.717) is 17.3 Å². The van der Waals surface area contributed by atoms with Crippen molar-refractivity contribution in [2.24, 2.45) is 0 Å². The van der Waals surface area contributed by atoms with E-state index in [-0.39, 0.29) is 12.2 Å². The van der Waals surface area contributed by atoms with Gasteiger partial charge in [0, 0.05) is 19.6 Å². The molecule has 1 aromatic rings. The van der Waals surface area contributed by atoms with Crippen molar-refractivity contribution in [2.45, 2.75) is 50.2 Å². The lowest BCUT2D eigenvalue weighted by Crippen LogP contribution is -2.47. The molecule has 1 saturated heterocycles. The average Bonchev–Trinajstić information content (AvgIpc) is 2.87. The van der Waals surface area contributed by atoms with Crippen LogP contribution in [0.2, 0.25) is 0 Å². The molecule has 21 heavy (non-hydrogen) atoms. The first kappa shape index (κ1) is 16.9. The van der Waals surface area contributed by atoms with E-state index in [1.165, 1.54) is 11.3 Å². The number of hydrogen-bond donors (Lipinski definition) is 1. The van der Waals surface area contributed by atoms with Gasteiger partial charge in [-0.25, -0.2) is 8.42 Å². The largest absolute Gasteiger partial charge is 0.373 e. The standard InChI is InChI=1S/C14H24N2O3S2/c1-4-5-15-7-13-6-14(20-10-13)21(17,18)16-8-11(2)19-12(3)9-16/h6,10-12,15H,4-5,7-9H2,1-3H3/t11-,12+. The van der Waals surface area contributed by atoms with Gasteiger partial charge in [0.1, 0.15) is 4.21 Å². The van der Waals surface area contributed by atoms with Gasteiger partial charge in [0.15, 0.2) is 0 Å². The highest BCUT2D eigenvalue weighted by Crippen LogP contribution is 2.26. The van der Waals surface area contributed by atoms with E-state index in [2.05, 4.69) is 12.2 Å². The van der Waals surface area contributed by atoms with E-state index in [1.54, 1.807) is 10.4 Å². The van der Waals surface area contributed by atoms with Crippen LogP contribution in [0.4, 0.5) is 0 Å². The van der Waals surface area contributed by atoms with Crippen LogP contribution in [0.1, 0.15) is 32.8 Å². The third-order valence-corrected chi connectivity index (χ3v) is 6.66. The third-order valence-electron chi connectivity index (χ3n) is 3.37. The summed E-state index contributed by atoms with van der Waals surface area (Å²) < 4.78 is 32.9. The Balaban J connectivity index is 2.08. The monoisotopic (exact) mass is 332 g/mol. The van der Waals surface area contributed by atoms with Crippen molar-refractivity contribution < 1.29 is 13.2 Å². The van der Waals surface area contributed by atoms with Crippen molar-refractivity contribution >= 4 is 21.4 Å². The Hall–Kier alpha value is -0.470. The predicted octanol–water partition coefficient (Wildman–Crippen LogP) is 2.05.